The van der Waals surface area contributed by atoms with E-state index in [9.17, 15) is 4.39 Å². The number of imidazole rings is 2. The third-order valence-corrected chi connectivity index (χ3v) is 4.82. The molecule has 2 aromatic heterocycles. The first-order valence-corrected chi connectivity index (χ1v) is 8.35. The van der Waals surface area contributed by atoms with E-state index in [1.54, 1.807) is 25.6 Å². The van der Waals surface area contributed by atoms with E-state index in [0.29, 0.717) is 6.04 Å². The van der Waals surface area contributed by atoms with Crippen molar-refractivity contribution in [1.29, 1.82) is 0 Å². The summed E-state index contributed by atoms with van der Waals surface area (Å²) in [7, 11) is 1.66. The van der Waals surface area contributed by atoms with Crippen molar-refractivity contribution in [3.05, 3.63) is 48.0 Å². The Hall–Kier alpha value is -2.89. The maximum absolute atomic E-state index is 13.8. The fourth-order valence-corrected chi connectivity index (χ4v) is 3.44. The zero-order valence-electron chi connectivity index (χ0n) is 14.0. The molecule has 5 nitrogen and oxygen atoms in total. The maximum Gasteiger partial charge on any atom is 0.216 e. The number of hydrogen-bond acceptors (Lipinski definition) is 3. The van der Waals surface area contributed by atoms with E-state index in [1.165, 1.54) is 6.07 Å². The largest absolute Gasteiger partial charge is 0.496 e. The molecule has 5 rings (SSSR count). The molecule has 2 heterocycles. The molecular formula is C19H17FN4O. The van der Waals surface area contributed by atoms with E-state index in [2.05, 4.69) is 15.6 Å². The van der Waals surface area contributed by atoms with E-state index in [0.717, 1.165) is 52.2 Å². The lowest BCUT2D eigenvalue weighted by Crippen LogP contribution is -2.05. The van der Waals surface area contributed by atoms with Crippen molar-refractivity contribution in [3.8, 4) is 11.7 Å². The summed E-state index contributed by atoms with van der Waals surface area (Å²) in [4.78, 5) is 9.28. The summed E-state index contributed by atoms with van der Waals surface area (Å²) in [5.41, 5.74) is 4.50. The lowest BCUT2D eigenvalue weighted by Gasteiger charge is -2.10. The molecule has 4 aromatic rings. The summed E-state index contributed by atoms with van der Waals surface area (Å²) in [5.74, 6) is 1.36. The maximum atomic E-state index is 13.8. The SMILES string of the molecule is COc1cc2ncn(-c3nc4ccc(F)cc4n3C3CC3)c2cc1C. The number of aryl methyl sites for hydroxylation is 1. The summed E-state index contributed by atoms with van der Waals surface area (Å²) < 4.78 is 23.3. The molecule has 0 aliphatic heterocycles. The van der Waals surface area contributed by atoms with Gasteiger partial charge in [-0.2, -0.15) is 0 Å². The van der Waals surface area contributed by atoms with E-state index < -0.39 is 0 Å². The minimum atomic E-state index is -0.239. The number of hydrogen-bond donors (Lipinski definition) is 0. The standard InChI is InChI=1S/C19H17FN4O/c1-11-7-16-15(9-18(11)25-2)21-10-23(16)19-22-14-6-3-12(20)8-17(14)24(19)13-4-5-13/h3,6-10,13H,4-5H2,1-2H3. The molecule has 2 aromatic carbocycles. The molecule has 126 valence electrons. The van der Waals surface area contributed by atoms with Gasteiger partial charge in [0.05, 0.1) is 29.2 Å². The fraction of sp³-hybridized carbons (Fsp3) is 0.263. The van der Waals surface area contributed by atoms with Gasteiger partial charge < -0.3 is 9.30 Å². The monoisotopic (exact) mass is 336 g/mol. The first-order chi connectivity index (χ1) is 12.2. The smallest absolute Gasteiger partial charge is 0.216 e. The van der Waals surface area contributed by atoms with Crippen LogP contribution in [-0.2, 0) is 0 Å². The van der Waals surface area contributed by atoms with Gasteiger partial charge in [0.15, 0.2) is 0 Å². The number of aromatic nitrogens is 4. The van der Waals surface area contributed by atoms with Crippen LogP contribution >= 0.6 is 0 Å². The number of fused-ring (bicyclic) bond motifs is 2. The lowest BCUT2D eigenvalue weighted by molar-refractivity contribution is 0.412. The van der Waals surface area contributed by atoms with Crippen LogP contribution in [0.5, 0.6) is 5.75 Å². The molecule has 0 unspecified atom stereocenters. The van der Waals surface area contributed by atoms with Gasteiger partial charge in [-0.3, -0.25) is 4.57 Å². The first kappa shape index (κ1) is 14.5. The highest BCUT2D eigenvalue weighted by atomic mass is 19.1. The molecule has 0 amide bonds. The number of ether oxygens (including phenoxy) is 1. The van der Waals surface area contributed by atoms with E-state index >= 15 is 0 Å². The molecule has 1 aliphatic rings. The molecule has 25 heavy (non-hydrogen) atoms. The number of halogens is 1. The predicted octanol–water partition coefficient (Wildman–Crippen LogP) is 4.17. The van der Waals surface area contributed by atoms with E-state index in [1.807, 2.05) is 17.6 Å². The Kier molecular flexibility index (Phi) is 2.92. The van der Waals surface area contributed by atoms with Crippen molar-refractivity contribution in [2.45, 2.75) is 25.8 Å². The van der Waals surface area contributed by atoms with Gasteiger partial charge in [-0.25, -0.2) is 14.4 Å². The zero-order chi connectivity index (χ0) is 17.1. The van der Waals surface area contributed by atoms with E-state index in [4.69, 9.17) is 9.72 Å². The number of methoxy groups -OCH3 is 1. The molecule has 0 saturated heterocycles. The minimum Gasteiger partial charge on any atom is -0.496 e. The molecule has 1 saturated carbocycles. The second kappa shape index (κ2) is 5.05. The van der Waals surface area contributed by atoms with Crippen LogP contribution in [0.3, 0.4) is 0 Å². The van der Waals surface area contributed by atoms with Gasteiger partial charge in [0.1, 0.15) is 17.9 Å². The summed E-state index contributed by atoms with van der Waals surface area (Å²) in [5, 5.41) is 0. The number of nitrogens with zero attached hydrogens (tertiary/aromatic N) is 4. The van der Waals surface area contributed by atoms with Gasteiger partial charge in [0.2, 0.25) is 5.95 Å². The van der Waals surface area contributed by atoms with Gasteiger partial charge >= 0.3 is 0 Å². The van der Waals surface area contributed by atoms with Gasteiger partial charge in [-0.05, 0) is 49.6 Å². The summed E-state index contributed by atoms with van der Waals surface area (Å²) in [6.45, 7) is 2.01. The second-order valence-corrected chi connectivity index (χ2v) is 6.57. The Morgan fingerprint density at radius 3 is 2.72 bits per heavy atom. The third kappa shape index (κ3) is 2.13. The molecule has 0 atom stereocenters. The minimum absolute atomic E-state index is 0.239. The summed E-state index contributed by atoms with van der Waals surface area (Å²) >= 11 is 0. The summed E-state index contributed by atoms with van der Waals surface area (Å²) in [6, 6.07) is 9.12. The Bertz CT molecular complexity index is 1120. The molecule has 1 aliphatic carbocycles. The summed E-state index contributed by atoms with van der Waals surface area (Å²) in [6.07, 6.45) is 3.96. The molecule has 0 radical (unpaired) electrons. The highest BCUT2D eigenvalue weighted by molar-refractivity contribution is 5.82. The van der Waals surface area contributed by atoms with Gasteiger partial charge in [-0.15, -0.1) is 0 Å². The fourth-order valence-electron chi connectivity index (χ4n) is 3.44. The van der Waals surface area contributed by atoms with Crippen LogP contribution in [0.4, 0.5) is 4.39 Å². The number of rotatable bonds is 3. The van der Waals surface area contributed by atoms with Crippen LogP contribution in [0.1, 0.15) is 24.4 Å². The average Bonchev–Trinajstić information content (AvgIpc) is 3.25. The molecular weight excluding hydrogens is 319 g/mol. The lowest BCUT2D eigenvalue weighted by atomic mass is 10.2. The van der Waals surface area contributed by atoms with Crippen LogP contribution in [0.15, 0.2) is 36.7 Å². The normalized spacial score (nSPS) is 14.5. The third-order valence-electron chi connectivity index (χ3n) is 4.82. The molecule has 0 spiro atoms. The van der Waals surface area contributed by atoms with Crippen molar-refractivity contribution in [2.75, 3.05) is 7.11 Å². The Balaban J connectivity index is 1.80. The van der Waals surface area contributed by atoms with Gasteiger partial charge in [0, 0.05) is 12.1 Å². The van der Waals surface area contributed by atoms with Crippen LogP contribution in [-0.4, -0.2) is 26.2 Å². The zero-order valence-corrected chi connectivity index (χ0v) is 14.0. The first-order valence-electron chi connectivity index (χ1n) is 8.35. The van der Waals surface area contributed by atoms with Crippen LogP contribution < -0.4 is 4.74 Å². The molecule has 6 heteroatoms. The van der Waals surface area contributed by atoms with Crippen LogP contribution in [0.25, 0.3) is 28.0 Å². The van der Waals surface area contributed by atoms with Crippen molar-refractivity contribution >= 4 is 22.1 Å². The van der Waals surface area contributed by atoms with Gasteiger partial charge in [0.25, 0.3) is 0 Å². The second-order valence-electron chi connectivity index (χ2n) is 6.57. The predicted molar refractivity (Wildman–Crippen MR) is 93.9 cm³/mol. The molecule has 0 N–H and O–H groups in total. The Morgan fingerprint density at radius 2 is 1.96 bits per heavy atom. The van der Waals surface area contributed by atoms with Crippen molar-refractivity contribution in [3.63, 3.8) is 0 Å². The van der Waals surface area contributed by atoms with Crippen molar-refractivity contribution in [2.24, 2.45) is 0 Å². The van der Waals surface area contributed by atoms with Crippen LogP contribution in [0, 0.1) is 12.7 Å². The highest BCUT2D eigenvalue weighted by Crippen LogP contribution is 2.40. The topological polar surface area (TPSA) is 44.9 Å². The van der Waals surface area contributed by atoms with Crippen molar-refractivity contribution < 1.29 is 9.13 Å². The van der Waals surface area contributed by atoms with Crippen molar-refractivity contribution in [1.82, 2.24) is 19.1 Å². The van der Waals surface area contributed by atoms with Crippen LogP contribution in [0.2, 0.25) is 0 Å². The Labute approximate surface area is 143 Å². The molecule has 0 bridgehead atoms. The highest BCUT2D eigenvalue weighted by Gasteiger charge is 2.29. The Morgan fingerprint density at radius 1 is 1.12 bits per heavy atom. The number of benzene rings is 2. The van der Waals surface area contributed by atoms with E-state index in [-0.39, 0.29) is 5.82 Å². The average molecular weight is 336 g/mol. The van der Waals surface area contributed by atoms with Gasteiger partial charge in [-0.1, -0.05) is 0 Å². The molecule has 1 fully saturated rings. The quantitative estimate of drug-likeness (QED) is 0.564.